The van der Waals surface area contributed by atoms with Crippen molar-refractivity contribution in [2.75, 3.05) is 59.3 Å². The monoisotopic (exact) mass is 660 g/mol. The van der Waals surface area contributed by atoms with Crippen LogP contribution in [0.3, 0.4) is 0 Å². The minimum atomic E-state index is -3.76. The predicted octanol–water partition coefficient (Wildman–Crippen LogP) is 4.08. The standard InChI is InChI=1S/C34H52N4O7S/c1-25-22-38(26(2)24-39)34(41)30-21-28(35-33(40)16-12-19-36(4)5)17-18-31(30)45-27(3)13-10-11-20-44-32(25)23-37(6)46(42,43)29-14-8-7-9-15-29/h7-9,14-15,17-18,21,25-27,32,39H,10-13,16,19-20,22-24H2,1-6H3,(H,35,40)/t25-,26-,27-,32-/m0/s1. The summed E-state index contributed by atoms with van der Waals surface area (Å²) in [5, 5.41) is 13.1. The average molecular weight is 661 g/mol. The van der Waals surface area contributed by atoms with Gasteiger partial charge in [-0.05, 0) is 90.5 Å². The van der Waals surface area contributed by atoms with Crippen molar-refractivity contribution in [1.29, 1.82) is 0 Å². The topological polar surface area (TPSA) is 129 Å². The summed E-state index contributed by atoms with van der Waals surface area (Å²) in [4.78, 5) is 30.7. The van der Waals surface area contributed by atoms with Crippen LogP contribution in [-0.2, 0) is 19.6 Å². The molecule has 2 aromatic carbocycles. The molecule has 1 heterocycles. The number of aliphatic hydroxyl groups is 1. The third-order valence-electron chi connectivity index (χ3n) is 8.23. The SMILES string of the molecule is C[C@H]1CCCCO[C@@H](CN(C)S(=O)(=O)c2ccccc2)[C@@H](C)CN([C@@H](C)CO)C(=O)c2cc(NC(=O)CCCN(C)C)ccc2O1. The molecule has 11 nitrogen and oxygen atoms in total. The molecule has 3 rings (SSSR count). The maximum atomic E-state index is 14.3. The first kappa shape index (κ1) is 37.4. The second-order valence-electron chi connectivity index (χ2n) is 12.6. The van der Waals surface area contributed by atoms with Gasteiger partial charge < -0.3 is 29.7 Å². The summed E-state index contributed by atoms with van der Waals surface area (Å²) < 4.78 is 40.6. The first-order valence-corrected chi connectivity index (χ1v) is 17.6. The van der Waals surface area contributed by atoms with E-state index in [9.17, 15) is 23.1 Å². The summed E-state index contributed by atoms with van der Waals surface area (Å²) in [6.07, 6.45) is 2.63. The number of nitrogens with zero attached hydrogens (tertiary/aromatic N) is 3. The lowest BCUT2D eigenvalue weighted by atomic mass is 10.0. The third-order valence-corrected chi connectivity index (χ3v) is 10.1. The number of nitrogens with one attached hydrogen (secondary N) is 1. The van der Waals surface area contributed by atoms with Crippen LogP contribution in [0.2, 0.25) is 0 Å². The molecular weight excluding hydrogens is 608 g/mol. The van der Waals surface area contributed by atoms with Gasteiger partial charge in [-0.25, -0.2) is 8.42 Å². The zero-order chi connectivity index (χ0) is 33.9. The van der Waals surface area contributed by atoms with Crippen LogP contribution in [-0.4, -0.2) is 112 Å². The van der Waals surface area contributed by atoms with Crippen LogP contribution in [0.4, 0.5) is 5.69 Å². The number of benzene rings is 2. The van der Waals surface area contributed by atoms with Crippen LogP contribution in [0.15, 0.2) is 53.4 Å². The van der Waals surface area contributed by atoms with Gasteiger partial charge in [0, 0.05) is 44.8 Å². The summed E-state index contributed by atoms with van der Waals surface area (Å²) in [5.74, 6) is -0.393. The number of amides is 2. The van der Waals surface area contributed by atoms with Crippen molar-refractivity contribution >= 4 is 27.5 Å². The highest BCUT2D eigenvalue weighted by atomic mass is 32.2. The van der Waals surface area contributed by atoms with Crippen LogP contribution in [0.25, 0.3) is 0 Å². The molecule has 1 aliphatic rings. The third kappa shape index (κ3) is 10.8. The summed E-state index contributed by atoms with van der Waals surface area (Å²) in [7, 11) is 1.69. The molecule has 0 radical (unpaired) electrons. The highest BCUT2D eigenvalue weighted by molar-refractivity contribution is 7.89. The van der Waals surface area contributed by atoms with Gasteiger partial charge in [0.25, 0.3) is 5.91 Å². The maximum absolute atomic E-state index is 14.3. The minimum absolute atomic E-state index is 0.0913. The van der Waals surface area contributed by atoms with Gasteiger partial charge in [0.1, 0.15) is 5.75 Å². The second kappa shape index (κ2) is 17.8. The second-order valence-corrected chi connectivity index (χ2v) is 14.6. The molecule has 0 spiro atoms. The molecular formula is C34H52N4O7S. The lowest BCUT2D eigenvalue weighted by Gasteiger charge is -2.35. The molecule has 256 valence electrons. The number of rotatable bonds is 11. The molecule has 0 saturated heterocycles. The smallest absolute Gasteiger partial charge is 0.258 e. The van der Waals surface area contributed by atoms with Gasteiger partial charge >= 0.3 is 0 Å². The molecule has 4 atom stereocenters. The van der Waals surface area contributed by atoms with E-state index < -0.39 is 22.2 Å². The number of hydrogen-bond donors (Lipinski definition) is 2. The van der Waals surface area contributed by atoms with Gasteiger partial charge in [-0.15, -0.1) is 0 Å². The van der Waals surface area contributed by atoms with Gasteiger partial charge in [-0.1, -0.05) is 25.1 Å². The quantitative estimate of drug-likeness (QED) is 0.369. The first-order valence-electron chi connectivity index (χ1n) is 16.1. The molecule has 2 amide bonds. The summed E-state index contributed by atoms with van der Waals surface area (Å²) >= 11 is 0. The van der Waals surface area contributed by atoms with Crippen molar-refractivity contribution in [2.24, 2.45) is 5.92 Å². The average Bonchev–Trinajstić information content (AvgIpc) is 3.02. The van der Waals surface area contributed by atoms with E-state index in [1.165, 1.54) is 11.4 Å². The van der Waals surface area contributed by atoms with Gasteiger partial charge in [-0.3, -0.25) is 9.59 Å². The summed E-state index contributed by atoms with van der Waals surface area (Å²) in [6, 6.07) is 12.8. The maximum Gasteiger partial charge on any atom is 0.258 e. The Bertz CT molecular complexity index is 1370. The molecule has 0 fully saturated rings. The van der Waals surface area contributed by atoms with Crippen LogP contribution >= 0.6 is 0 Å². The molecule has 0 bridgehead atoms. The van der Waals surface area contributed by atoms with Gasteiger partial charge in [0.2, 0.25) is 15.9 Å². The summed E-state index contributed by atoms with van der Waals surface area (Å²) in [5.41, 5.74) is 0.765. The first-order chi connectivity index (χ1) is 21.8. The number of carbonyl (C=O) groups excluding carboxylic acids is 2. The molecule has 2 aromatic rings. The molecule has 12 heteroatoms. The highest BCUT2D eigenvalue weighted by Crippen LogP contribution is 2.29. The largest absolute Gasteiger partial charge is 0.490 e. The number of aliphatic hydroxyl groups excluding tert-OH is 1. The fraction of sp³-hybridized carbons (Fsp3) is 0.588. The van der Waals surface area contributed by atoms with E-state index in [0.717, 1.165) is 25.8 Å². The Morgan fingerprint density at radius 3 is 2.50 bits per heavy atom. The van der Waals surface area contributed by atoms with E-state index in [0.29, 0.717) is 30.9 Å². The van der Waals surface area contributed by atoms with Crippen molar-refractivity contribution in [1.82, 2.24) is 14.1 Å². The van der Waals surface area contributed by atoms with E-state index in [2.05, 4.69) is 5.32 Å². The van der Waals surface area contributed by atoms with Crippen molar-refractivity contribution in [2.45, 2.75) is 76.0 Å². The Balaban J connectivity index is 1.92. The molecule has 0 aliphatic carbocycles. The number of carbonyl (C=O) groups is 2. The number of fused-ring (bicyclic) bond motifs is 1. The molecule has 0 aromatic heterocycles. The highest BCUT2D eigenvalue weighted by Gasteiger charge is 2.32. The normalized spacial score (nSPS) is 20.9. The molecule has 0 unspecified atom stereocenters. The fourth-order valence-corrected chi connectivity index (χ4v) is 6.57. The number of likely N-dealkylation sites (N-methyl/N-ethyl adjacent to an activating group) is 1. The molecule has 0 saturated carbocycles. The van der Waals surface area contributed by atoms with Crippen LogP contribution < -0.4 is 10.1 Å². The number of sulfonamides is 1. The number of anilines is 1. The number of ether oxygens (including phenoxy) is 2. The van der Waals surface area contributed by atoms with E-state index in [1.54, 1.807) is 60.4 Å². The Labute approximate surface area is 274 Å². The van der Waals surface area contributed by atoms with Crippen LogP contribution in [0.1, 0.15) is 63.2 Å². The predicted molar refractivity (Wildman–Crippen MR) is 180 cm³/mol. The lowest BCUT2D eigenvalue weighted by molar-refractivity contribution is -0.116. The van der Waals surface area contributed by atoms with Crippen molar-refractivity contribution in [3.05, 3.63) is 54.1 Å². The van der Waals surface area contributed by atoms with Crippen molar-refractivity contribution < 1.29 is 32.6 Å². The van der Waals surface area contributed by atoms with E-state index in [-0.39, 0.29) is 54.0 Å². The van der Waals surface area contributed by atoms with Crippen LogP contribution in [0, 0.1) is 5.92 Å². The zero-order valence-electron chi connectivity index (χ0n) is 28.1. The van der Waals surface area contributed by atoms with Crippen molar-refractivity contribution in [3.8, 4) is 5.75 Å². The van der Waals surface area contributed by atoms with Gasteiger partial charge in [0.15, 0.2) is 0 Å². The summed E-state index contributed by atoms with van der Waals surface area (Å²) in [6.45, 7) is 6.85. The Morgan fingerprint density at radius 2 is 1.83 bits per heavy atom. The van der Waals surface area contributed by atoms with Gasteiger partial charge in [-0.2, -0.15) is 4.31 Å². The minimum Gasteiger partial charge on any atom is -0.490 e. The van der Waals surface area contributed by atoms with E-state index >= 15 is 0 Å². The fourth-order valence-electron chi connectivity index (χ4n) is 5.37. The molecule has 2 N–H and O–H groups in total. The Hall–Kier alpha value is -3.03. The van der Waals surface area contributed by atoms with E-state index in [4.69, 9.17) is 9.47 Å². The van der Waals surface area contributed by atoms with Crippen molar-refractivity contribution in [3.63, 3.8) is 0 Å². The van der Waals surface area contributed by atoms with E-state index in [1.807, 2.05) is 32.8 Å². The molecule has 46 heavy (non-hydrogen) atoms. The lowest BCUT2D eigenvalue weighted by Crippen LogP contribution is -2.48. The molecule has 1 aliphatic heterocycles. The zero-order valence-corrected chi connectivity index (χ0v) is 29.0. The van der Waals surface area contributed by atoms with Gasteiger partial charge in [0.05, 0.1) is 35.3 Å². The number of hydrogen-bond acceptors (Lipinski definition) is 8. The Morgan fingerprint density at radius 1 is 1.11 bits per heavy atom. The Kier molecular flexibility index (Phi) is 14.5. The van der Waals surface area contributed by atoms with Crippen LogP contribution in [0.5, 0.6) is 5.75 Å².